The fraction of sp³-hybridized carbons (Fsp3) is 0.150. The van der Waals surface area contributed by atoms with Crippen LogP contribution in [0.25, 0.3) is 5.70 Å². The number of thiocarbonyl (C=S) groups is 1. The largest absolute Gasteiger partial charge is 0.478 e. The Kier molecular flexibility index (Phi) is 5.89. The molecule has 1 atom stereocenters. The van der Waals surface area contributed by atoms with Crippen LogP contribution in [0.2, 0.25) is 0 Å². The molecular formula is C20H16BrN3O2S. The van der Waals surface area contributed by atoms with Gasteiger partial charge in [0.25, 0.3) is 0 Å². The minimum atomic E-state index is -0.502. The van der Waals surface area contributed by atoms with E-state index in [1.165, 1.54) is 6.92 Å². The van der Waals surface area contributed by atoms with Crippen LogP contribution in [0, 0.1) is 11.3 Å². The van der Waals surface area contributed by atoms with E-state index in [0.717, 1.165) is 15.6 Å². The third-order valence-electron chi connectivity index (χ3n) is 4.09. The first-order chi connectivity index (χ1) is 13.0. The zero-order valence-corrected chi connectivity index (χ0v) is 16.9. The highest BCUT2D eigenvalue weighted by molar-refractivity contribution is 9.10. The predicted molar refractivity (Wildman–Crippen MR) is 111 cm³/mol. The van der Waals surface area contributed by atoms with E-state index in [4.69, 9.17) is 22.2 Å². The quantitative estimate of drug-likeness (QED) is 0.685. The summed E-state index contributed by atoms with van der Waals surface area (Å²) in [6, 6.07) is 16.5. The summed E-state index contributed by atoms with van der Waals surface area (Å²) in [6.07, 6.45) is 0. The lowest BCUT2D eigenvalue weighted by Gasteiger charge is -2.32. The van der Waals surface area contributed by atoms with E-state index in [2.05, 4.69) is 26.6 Å². The summed E-state index contributed by atoms with van der Waals surface area (Å²) in [4.78, 5) is 12.6. The number of carbonyl (C=O) groups excluding carboxylic acids is 1. The number of ketones is 1. The smallest absolute Gasteiger partial charge is 0.174 e. The minimum Gasteiger partial charge on any atom is -0.478 e. The van der Waals surface area contributed by atoms with Crippen molar-refractivity contribution in [3.05, 3.63) is 69.7 Å². The number of nitrogens with zero attached hydrogens (tertiary/aromatic N) is 1. The molecule has 1 aliphatic rings. The molecule has 0 bridgehead atoms. The van der Waals surface area contributed by atoms with E-state index in [1.807, 2.05) is 48.5 Å². The highest BCUT2D eigenvalue weighted by atomic mass is 79.9. The predicted octanol–water partition coefficient (Wildman–Crippen LogP) is 3.87. The number of halogens is 1. The normalized spacial score (nSPS) is 16.2. The Morgan fingerprint density at radius 2 is 2.04 bits per heavy atom. The lowest BCUT2D eigenvalue weighted by Crippen LogP contribution is -2.44. The van der Waals surface area contributed by atoms with Crippen LogP contribution in [0.3, 0.4) is 0 Å². The van der Waals surface area contributed by atoms with Crippen molar-refractivity contribution in [3.8, 4) is 11.8 Å². The molecule has 0 aliphatic carbocycles. The number of rotatable bonds is 5. The second-order valence-corrected chi connectivity index (χ2v) is 7.20. The molecule has 1 heterocycles. The summed E-state index contributed by atoms with van der Waals surface area (Å²) in [5.74, 6) is 0.431. The number of hydrogen-bond donors (Lipinski definition) is 2. The summed E-state index contributed by atoms with van der Waals surface area (Å²) in [5, 5.41) is 15.6. The van der Waals surface area contributed by atoms with E-state index in [9.17, 15) is 4.79 Å². The molecule has 0 radical (unpaired) electrons. The Morgan fingerprint density at radius 3 is 2.70 bits per heavy atom. The molecule has 1 aliphatic heterocycles. The molecule has 7 heteroatoms. The molecule has 27 heavy (non-hydrogen) atoms. The molecule has 0 spiro atoms. The lowest BCUT2D eigenvalue weighted by atomic mass is 9.90. The van der Waals surface area contributed by atoms with E-state index in [-0.39, 0.29) is 12.4 Å². The van der Waals surface area contributed by atoms with Crippen molar-refractivity contribution in [2.45, 2.75) is 13.0 Å². The molecule has 2 aromatic carbocycles. The molecule has 0 amide bonds. The second-order valence-electron chi connectivity index (χ2n) is 5.87. The maximum Gasteiger partial charge on any atom is 0.174 e. The second kappa shape index (κ2) is 8.33. The molecule has 5 nitrogen and oxygen atoms in total. The van der Waals surface area contributed by atoms with Gasteiger partial charge in [-0.05, 0) is 42.9 Å². The number of nitriles is 1. The van der Waals surface area contributed by atoms with Gasteiger partial charge in [-0.1, -0.05) is 46.3 Å². The van der Waals surface area contributed by atoms with Crippen LogP contribution in [0.1, 0.15) is 24.1 Å². The van der Waals surface area contributed by atoms with E-state index in [1.54, 1.807) is 6.07 Å². The van der Waals surface area contributed by atoms with Crippen molar-refractivity contribution in [3.63, 3.8) is 0 Å². The summed E-state index contributed by atoms with van der Waals surface area (Å²) in [5.41, 5.74) is 2.81. The average Bonchev–Trinajstić information content (AvgIpc) is 2.66. The van der Waals surface area contributed by atoms with Crippen molar-refractivity contribution >= 4 is 44.7 Å². The molecule has 0 aromatic heterocycles. The van der Waals surface area contributed by atoms with Crippen molar-refractivity contribution in [2.24, 2.45) is 0 Å². The van der Waals surface area contributed by atoms with Crippen LogP contribution in [-0.2, 0) is 4.79 Å². The highest BCUT2D eigenvalue weighted by Crippen LogP contribution is 2.37. The van der Waals surface area contributed by atoms with E-state index < -0.39 is 6.04 Å². The van der Waals surface area contributed by atoms with Crippen LogP contribution in [-0.4, -0.2) is 17.5 Å². The average molecular weight is 442 g/mol. The Morgan fingerprint density at radius 1 is 1.30 bits per heavy atom. The van der Waals surface area contributed by atoms with Gasteiger partial charge in [0.05, 0.1) is 11.7 Å². The van der Waals surface area contributed by atoms with Gasteiger partial charge >= 0.3 is 0 Å². The number of ether oxygens (including phenoxy) is 1. The maximum atomic E-state index is 12.6. The van der Waals surface area contributed by atoms with Gasteiger partial charge in [0.2, 0.25) is 0 Å². The van der Waals surface area contributed by atoms with Crippen molar-refractivity contribution in [2.75, 3.05) is 6.61 Å². The van der Waals surface area contributed by atoms with Crippen molar-refractivity contribution in [1.82, 2.24) is 10.6 Å². The minimum absolute atomic E-state index is 0.0886. The SMILES string of the molecule is CC(=O)C1=C(c2ccccc2)NC(=S)N[C@@H]1c1cc(Br)ccc1OCC#N. The van der Waals surface area contributed by atoms with Gasteiger partial charge in [0.1, 0.15) is 11.8 Å². The van der Waals surface area contributed by atoms with Crippen molar-refractivity contribution < 1.29 is 9.53 Å². The van der Waals surface area contributed by atoms with Gasteiger partial charge in [-0.25, -0.2) is 0 Å². The zero-order chi connectivity index (χ0) is 19.4. The fourth-order valence-electron chi connectivity index (χ4n) is 3.00. The Hall–Kier alpha value is -2.69. The fourth-order valence-corrected chi connectivity index (χ4v) is 3.59. The third kappa shape index (κ3) is 4.18. The first-order valence-electron chi connectivity index (χ1n) is 8.18. The van der Waals surface area contributed by atoms with Gasteiger partial charge in [-0.3, -0.25) is 4.79 Å². The van der Waals surface area contributed by atoms with E-state index >= 15 is 0 Å². The van der Waals surface area contributed by atoms with Crippen LogP contribution in [0.5, 0.6) is 5.75 Å². The van der Waals surface area contributed by atoms with Crippen LogP contribution in [0.4, 0.5) is 0 Å². The van der Waals surface area contributed by atoms with Gasteiger partial charge in [-0.15, -0.1) is 0 Å². The van der Waals surface area contributed by atoms with Gasteiger partial charge in [-0.2, -0.15) is 5.26 Å². The van der Waals surface area contributed by atoms with Gasteiger partial charge in [0, 0.05) is 15.6 Å². The molecule has 136 valence electrons. The molecule has 3 rings (SSSR count). The highest BCUT2D eigenvalue weighted by Gasteiger charge is 2.32. The maximum absolute atomic E-state index is 12.6. The third-order valence-corrected chi connectivity index (χ3v) is 4.80. The molecule has 0 saturated carbocycles. The summed E-state index contributed by atoms with van der Waals surface area (Å²) < 4.78 is 6.41. The van der Waals surface area contributed by atoms with Crippen LogP contribution >= 0.6 is 28.1 Å². The van der Waals surface area contributed by atoms with E-state index in [0.29, 0.717) is 22.1 Å². The number of hydrogen-bond acceptors (Lipinski definition) is 4. The summed E-state index contributed by atoms with van der Waals surface area (Å²) in [7, 11) is 0. The Bertz CT molecular complexity index is 967. The zero-order valence-electron chi connectivity index (χ0n) is 14.5. The first-order valence-corrected chi connectivity index (χ1v) is 9.38. The lowest BCUT2D eigenvalue weighted by molar-refractivity contribution is -0.113. The topological polar surface area (TPSA) is 74.2 Å². The molecule has 2 N–H and O–H groups in total. The molecular weight excluding hydrogens is 426 g/mol. The van der Waals surface area contributed by atoms with Crippen LogP contribution in [0.15, 0.2) is 58.6 Å². The number of benzene rings is 2. The number of carbonyl (C=O) groups is 1. The Balaban J connectivity index is 2.19. The molecule has 0 fully saturated rings. The van der Waals surface area contributed by atoms with Crippen molar-refractivity contribution in [1.29, 1.82) is 5.26 Å². The molecule has 2 aromatic rings. The summed E-state index contributed by atoms with van der Waals surface area (Å²) in [6.45, 7) is 1.44. The van der Waals surface area contributed by atoms with Gasteiger partial charge in [0.15, 0.2) is 17.5 Å². The Labute approximate surface area is 171 Å². The summed E-state index contributed by atoms with van der Waals surface area (Å²) >= 11 is 8.86. The monoisotopic (exact) mass is 441 g/mol. The number of Topliss-reactive ketones (excluding diaryl/α,β-unsaturated/α-hetero) is 1. The van der Waals surface area contributed by atoms with Gasteiger partial charge < -0.3 is 15.4 Å². The molecule has 0 unspecified atom stereocenters. The first kappa shape index (κ1) is 19.1. The van der Waals surface area contributed by atoms with Crippen LogP contribution < -0.4 is 15.4 Å². The molecule has 0 saturated heterocycles. The standard InChI is InChI=1S/C20H16BrN3O2S/c1-12(25)17-18(13-5-3-2-4-6-13)23-20(27)24-19(17)15-11-14(21)7-8-16(15)26-10-9-22/h2-8,11,19H,10H2,1H3,(H2,23,24,27)/t19-/m1/s1. The number of nitrogens with one attached hydrogen (secondary N) is 2.